The molecule has 0 saturated carbocycles. The van der Waals surface area contributed by atoms with Crippen molar-refractivity contribution in [3.05, 3.63) is 47.3 Å². The molecule has 2 amide bonds. The normalized spacial score (nSPS) is 22.6. The van der Waals surface area contributed by atoms with Gasteiger partial charge in [-0.2, -0.15) is 5.10 Å². The van der Waals surface area contributed by atoms with E-state index in [1.807, 2.05) is 53.8 Å². The van der Waals surface area contributed by atoms with Gasteiger partial charge in [0.2, 0.25) is 5.91 Å². The fraction of sp³-hybridized carbons (Fsp3) is 0.421. The fourth-order valence-electron chi connectivity index (χ4n) is 3.91. The monoisotopic (exact) mass is 338 g/mol. The van der Waals surface area contributed by atoms with Crippen molar-refractivity contribution in [2.24, 2.45) is 5.92 Å². The van der Waals surface area contributed by atoms with Crippen LogP contribution in [0.2, 0.25) is 0 Å². The van der Waals surface area contributed by atoms with Crippen molar-refractivity contribution in [1.82, 2.24) is 20.0 Å². The number of aryl methyl sites for hydroxylation is 2. The molecule has 4 rings (SSSR count). The lowest BCUT2D eigenvalue weighted by molar-refractivity contribution is -0.119. The Balaban J connectivity index is 1.49. The summed E-state index contributed by atoms with van der Waals surface area (Å²) in [5.74, 6) is 0.517. The lowest BCUT2D eigenvalue weighted by atomic mass is 9.92. The Hall–Kier alpha value is -2.63. The van der Waals surface area contributed by atoms with Gasteiger partial charge >= 0.3 is 0 Å². The number of piperidine rings is 1. The predicted octanol–water partition coefficient (Wildman–Crippen LogP) is 1.84. The number of nitrogens with one attached hydrogen (secondary N) is 1. The van der Waals surface area contributed by atoms with Crippen LogP contribution < -0.4 is 5.32 Å². The van der Waals surface area contributed by atoms with E-state index in [0.29, 0.717) is 31.0 Å². The average molecular weight is 338 g/mol. The molecule has 130 valence electrons. The minimum atomic E-state index is 0.0273. The third kappa shape index (κ3) is 2.92. The molecule has 0 unspecified atom stereocenters. The van der Waals surface area contributed by atoms with Crippen LogP contribution >= 0.6 is 0 Å². The first-order chi connectivity index (χ1) is 12.0. The van der Waals surface area contributed by atoms with E-state index in [1.54, 1.807) is 0 Å². The molecule has 0 aliphatic carbocycles. The van der Waals surface area contributed by atoms with Gasteiger partial charge in [-0.05, 0) is 56.5 Å². The number of fused-ring (bicyclic) bond motifs is 1. The molecular formula is C19H22N4O2. The molecule has 2 fully saturated rings. The minimum absolute atomic E-state index is 0.0273. The number of likely N-dealkylation sites (tertiary alicyclic amines) is 1. The van der Waals surface area contributed by atoms with Crippen LogP contribution in [0.3, 0.4) is 0 Å². The maximum atomic E-state index is 12.8. The zero-order valence-corrected chi connectivity index (χ0v) is 14.5. The first-order valence-electron chi connectivity index (χ1n) is 8.73. The molecule has 1 aromatic heterocycles. The van der Waals surface area contributed by atoms with Crippen LogP contribution in [0.5, 0.6) is 0 Å². The second-order valence-electron chi connectivity index (χ2n) is 7.06. The molecular weight excluding hydrogens is 316 g/mol. The van der Waals surface area contributed by atoms with E-state index in [2.05, 4.69) is 10.4 Å². The summed E-state index contributed by atoms with van der Waals surface area (Å²) >= 11 is 0. The van der Waals surface area contributed by atoms with E-state index >= 15 is 0 Å². The molecule has 25 heavy (non-hydrogen) atoms. The summed E-state index contributed by atoms with van der Waals surface area (Å²) in [6.07, 6.45) is 1.49. The zero-order chi connectivity index (χ0) is 17.6. The summed E-state index contributed by atoms with van der Waals surface area (Å²) in [7, 11) is 0. The number of nitrogens with zero attached hydrogens (tertiary/aromatic N) is 3. The summed E-state index contributed by atoms with van der Waals surface area (Å²) in [4.78, 5) is 26.2. The molecule has 0 bridgehead atoms. The van der Waals surface area contributed by atoms with E-state index in [4.69, 9.17) is 0 Å². The molecule has 2 aromatic rings. The van der Waals surface area contributed by atoms with Gasteiger partial charge in [0, 0.05) is 36.8 Å². The Morgan fingerprint density at radius 1 is 1.24 bits per heavy atom. The highest BCUT2D eigenvalue weighted by atomic mass is 16.2. The third-order valence-electron chi connectivity index (χ3n) is 5.21. The average Bonchev–Trinajstić information content (AvgIpc) is 3.14. The number of carbonyl (C=O) groups is 2. The number of hydrogen-bond donors (Lipinski definition) is 1. The van der Waals surface area contributed by atoms with E-state index in [0.717, 1.165) is 23.5 Å². The number of amides is 2. The second kappa shape index (κ2) is 6.02. The SMILES string of the molecule is Cc1cc(C)n(-c2ccc(C(=O)N3CC[C@@H]4CC(=O)N[C@@H]4C3)cc2)n1. The second-order valence-corrected chi connectivity index (χ2v) is 7.06. The Morgan fingerprint density at radius 2 is 2.00 bits per heavy atom. The van der Waals surface area contributed by atoms with Gasteiger partial charge in [0.25, 0.3) is 5.91 Å². The minimum Gasteiger partial charge on any atom is -0.351 e. The molecule has 1 aromatic carbocycles. The number of carbonyl (C=O) groups excluding carboxylic acids is 2. The van der Waals surface area contributed by atoms with Gasteiger partial charge in [0.15, 0.2) is 0 Å². The first kappa shape index (κ1) is 15.9. The van der Waals surface area contributed by atoms with Crippen LogP contribution in [0.25, 0.3) is 5.69 Å². The van der Waals surface area contributed by atoms with Crippen LogP contribution in [0.4, 0.5) is 0 Å². The lowest BCUT2D eigenvalue weighted by Crippen LogP contribution is -2.49. The van der Waals surface area contributed by atoms with Gasteiger partial charge in [0.05, 0.1) is 11.4 Å². The third-order valence-corrected chi connectivity index (χ3v) is 5.21. The van der Waals surface area contributed by atoms with Crippen molar-refractivity contribution in [3.8, 4) is 5.69 Å². The topological polar surface area (TPSA) is 67.2 Å². The Bertz CT molecular complexity index is 824. The quantitative estimate of drug-likeness (QED) is 0.908. The Morgan fingerprint density at radius 3 is 2.68 bits per heavy atom. The maximum Gasteiger partial charge on any atom is 0.253 e. The molecule has 2 atom stereocenters. The van der Waals surface area contributed by atoms with Crippen LogP contribution in [-0.2, 0) is 4.79 Å². The number of rotatable bonds is 2. The molecule has 2 aliphatic heterocycles. The van der Waals surface area contributed by atoms with E-state index in [9.17, 15) is 9.59 Å². The van der Waals surface area contributed by atoms with Gasteiger partial charge < -0.3 is 10.2 Å². The summed E-state index contributed by atoms with van der Waals surface area (Å²) < 4.78 is 1.88. The van der Waals surface area contributed by atoms with Crippen molar-refractivity contribution < 1.29 is 9.59 Å². The molecule has 2 saturated heterocycles. The van der Waals surface area contributed by atoms with Gasteiger partial charge in [0.1, 0.15) is 0 Å². The van der Waals surface area contributed by atoms with Gasteiger partial charge in [-0.3, -0.25) is 9.59 Å². The first-order valence-corrected chi connectivity index (χ1v) is 8.73. The van der Waals surface area contributed by atoms with Crippen molar-refractivity contribution in [2.45, 2.75) is 32.7 Å². The van der Waals surface area contributed by atoms with Crippen LogP contribution in [0, 0.1) is 19.8 Å². The highest BCUT2D eigenvalue weighted by molar-refractivity contribution is 5.94. The molecule has 0 radical (unpaired) electrons. The van der Waals surface area contributed by atoms with Crippen LogP contribution in [-0.4, -0.2) is 45.6 Å². The van der Waals surface area contributed by atoms with Crippen molar-refractivity contribution in [2.75, 3.05) is 13.1 Å². The molecule has 2 aliphatic rings. The van der Waals surface area contributed by atoms with Crippen molar-refractivity contribution >= 4 is 11.8 Å². The maximum absolute atomic E-state index is 12.8. The largest absolute Gasteiger partial charge is 0.351 e. The Kier molecular flexibility index (Phi) is 3.82. The molecule has 0 spiro atoms. The summed E-state index contributed by atoms with van der Waals surface area (Å²) in [6.45, 7) is 5.30. The number of aromatic nitrogens is 2. The Labute approximate surface area is 146 Å². The van der Waals surface area contributed by atoms with Gasteiger partial charge in [-0.1, -0.05) is 0 Å². The van der Waals surface area contributed by atoms with Crippen molar-refractivity contribution in [3.63, 3.8) is 0 Å². The van der Waals surface area contributed by atoms with Crippen LogP contribution in [0.15, 0.2) is 30.3 Å². The summed E-state index contributed by atoms with van der Waals surface area (Å²) in [5, 5.41) is 7.46. The number of hydrogen-bond acceptors (Lipinski definition) is 3. The fourth-order valence-corrected chi connectivity index (χ4v) is 3.91. The van der Waals surface area contributed by atoms with Gasteiger partial charge in [-0.25, -0.2) is 4.68 Å². The highest BCUT2D eigenvalue weighted by Gasteiger charge is 2.38. The lowest BCUT2D eigenvalue weighted by Gasteiger charge is -2.34. The standard InChI is InChI=1S/C19H22N4O2/c1-12-9-13(2)23(21-12)16-5-3-14(4-6-16)19(25)22-8-7-15-10-18(24)20-17(15)11-22/h3-6,9,15,17H,7-8,10-11H2,1-2H3,(H,20,24)/t15-,17-/m1/s1. The molecule has 3 heterocycles. The summed E-state index contributed by atoms with van der Waals surface area (Å²) in [5.41, 5.74) is 3.66. The van der Waals surface area contributed by atoms with E-state index in [1.165, 1.54) is 0 Å². The number of benzene rings is 1. The summed E-state index contributed by atoms with van der Waals surface area (Å²) in [6, 6.07) is 9.70. The highest BCUT2D eigenvalue weighted by Crippen LogP contribution is 2.27. The van der Waals surface area contributed by atoms with Gasteiger partial charge in [-0.15, -0.1) is 0 Å². The smallest absolute Gasteiger partial charge is 0.253 e. The van der Waals surface area contributed by atoms with E-state index in [-0.39, 0.29) is 17.9 Å². The van der Waals surface area contributed by atoms with E-state index < -0.39 is 0 Å². The molecule has 1 N–H and O–H groups in total. The molecule has 6 nitrogen and oxygen atoms in total. The molecule has 6 heteroatoms. The zero-order valence-electron chi connectivity index (χ0n) is 14.5. The predicted molar refractivity (Wildman–Crippen MR) is 93.6 cm³/mol. The van der Waals surface area contributed by atoms with Crippen LogP contribution in [0.1, 0.15) is 34.6 Å². The van der Waals surface area contributed by atoms with Crippen molar-refractivity contribution in [1.29, 1.82) is 0 Å².